The number of carbonyl (C=O) groups excluding carboxylic acids is 2. The number of carbonyl (C=O) groups is 2. The summed E-state index contributed by atoms with van der Waals surface area (Å²) in [5.41, 5.74) is 2.59. The fourth-order valence-electron chi connectivity index (χ4n) is 3.26. The van der Waals surface area contributed by atoms with Gasteiger partial charge in [0.1, 0.15) is 5.75 Å². The molecule has 1 unspecified atom stereocenters. The van der Waals surface area contributed by atoms with Gasteiger partial charge in [-0.05, 0) is 36.6 Å². The first kappa shape index (κ1) is 19.0. The number of hydrogen-bond donors (Lipinski definition) is 1. The van der Waals surface area contributed by atoms with E-state index in [1.165, 1.54) is 0 Å². The van der Waals surface area contributed by atoms with E-state index in [1.807, 2.05) is 53.4 Å². The summed E-state index contributed by atoms with van der Waals surface area (Å²) in [5.74, 6) is 0.994. The minimum Gasteiger partial charge on any atom is -0.481 e. The summed E-state index contributed by atoms with van der Waals surface area (Å²) in [7, 11) is 0. The van der Waals surface area contributed by atoms with Crippen molar-refractivity contribution in [2.75, 3.05) is 11.9 Å². The van der Waals surface area contributed by atoms with Crippen LogP contribution < -0.4 is 10.1 Å². The predicted octanol–water partition coefficient (Wildman–Crippen LogP) is 3.63. The van der Waals surface area contributed by atoms with Gasteiger partial charge in [-0.25, -0.2) is 0 Å². The molecular weight excluding hydrogens is 340 g/mol. The molecule has 2 aromatic rings. The average Bonchev–Trinajstić information content (AvgIpc) is 2.73. The number of nitrogens with one attached hydrogen (secondary N) is 1. The fourth-order valence-corrected chi connectivity index (χ4v) is 3.26. The Morgan fingerprint density at radius 1 is 1.22 bits per heavy atom. The van der Waals surface area contributed by atoms with Gasteiger partial charge in [0, 0.05) is 24.3 Å². The van der Waals surface area contributed by atoms with Crippen molar-refractivity contribution in [2.24, 2.45) is 5.92 Å². The molecule has 0 fully saturated rings. The molecule has 0 spiro atoms. The van der Waals surface area contributed by atoms with Crippen LogP contribution in [0.2, 0.25) is 0 Å². The summed E-state index contributed by atoms with van der Waals surface area (Å²) in [4.78, 5) is 26.7. The Labute approximate surface area is 160 Å². The molecular formula is C22H26N2O3. The highest BCUT2D eigenvalue weighted by Crippen LogP contribution is 2.29. The Balaban J connectivity index is 1.75. The van der Waals surface area contributed by atoms with Crippen LogP contribution >= 0.6 is 0 Å². The quantitative estimate of drug-likeness (QED) is 0.879. The van der Waals surface area contributed by atoms with E-state index in [0.29, 0.717) is 36.9 Å². The summed E-state index contributed by atoms with van der Waals surface area (Å²) >= 11 is 0. The molecule has 27 heavy (non-hydrogen) atoms. The van der Waals surface area contributed by atoms with Gasteiger partial charge in [0.25, 0.3) is 5.91 Å². The Kier molecular flexibility index (Phi) is 5.79. The zero-order valence-corrected chi connectivity index (χ0v) is 16.1. The third kappa shape index (κ3) is 4.88. The molecule has 2 aromatic carbocycles. The molecule has 142 valence electrons. The summed E-state index contributed by atoms with van der Waals surface area (Å²) in [6.07, 6.45) is -0.188. The minimum atomic E-state index is -0.511. The van der Waals surface area contributed by atoms with Crippen LogP contribution in [0.4, 0.5) is 5.69 Å². The SMILES string of the molecule is CC(C)CN1Cc2cc(NC(=O)Cc3ccccc3)ccc2OC(C)C1=O. The fraction of sp³-hybridized carbons (Fsp3) is 0.364. The van der Waals surface area contributed by atoms with E-state index in [2.05, 4.69) is 19.2 Å². The molecule has 3 rings (SSSR count). The highest BCUT2D eigenvalue weighted by atomic mass is 16.5. The number of fused-ring (bicyclic) bond motifs is 1. The molecule has 5 nitrogen and oxygen atoms in total. The van der Waals surface area contributed by atoms with Crippen LogP contribution in [-0.2, 0) is 22.6 Å². The molecule has 2 amide bonds. The molecule has 0 saturated carbocycles. The predicted molar refractivity (Wildman–Crippen MR) is 106 cm³/mol. The lowest BCUT2D eigenvalue weighted by Gasteiger charge is -2.24. The number of amides is 2. The number of ether oxygens (including phenoxy) is 1. The third-order valence-electron chi connectivity index (χ3n) is 4.46. The van der Waals surface area contributed by atoms with Crippen LogP contribution in [0.3, 0.4) is 0 Å². The van der Waals surface area contributed by atoms with Crippen molar-refractivity contribution in [3.05, 3.63) is 59.7 Å². The first-order chi connectivity index (χ1) is 12.9. The van der Waals surface area contributed by atoms with E-state index >= 15 is 0 Å². The number of hydrogen-bond acceptors (Lipinski definition) is 3. The molecule has 1 aliphatic rings. The van der Waals surface area contributed by atoms with Crippen LogP contribution in [0.1, 0.15) is 31.9 Å². The smallest absolute Gasteiger partial charge is 0.263 e. The van der Waals surface area contributed by atoms with Crippen LogP contribution in [0.5, 0.6) is 5.75 Å². The van der Waals surface area contributed by atoms with E-state index in [9.17, 15) is 9.59 Å². The lowest BCUT2D eigenvalue weighted by atomic mass is 10.1. The molecule has 0 aliphatic carbocycles. The van der Waals surface area contributed by atoms with Gasteiger partial charge in [-0.3, -0.25) is 9.59 Å². The molecule has 5 heteroatoms. The first-order valence-electron chi connectivity index (χ1n) is 9.34. The van der Waals surface area contributed by atoms with Crippen molar-refractivity contribution in [3.63, 3.8) is 0 Å². The van der Waals surface area contributed by atoms with Gasteiger partial charge in [-0.15, -0.1) is 0 Å². The second-order valence-corrected chi connectivity index (χ2v) is 7.41. The van der Waals surface area contributed by atoms with E-state index in [-0.39, 0.29) is 11.8 Å². The molecule has 0 saturated heterocycles. The molecule has 1 aliphatic heterocycles. The van der Waals surface area contributed by atoms with Crippen molar-refractivity contribution in [2.45, 2.75) is 39.8 Å². The summed E-state index contributed by atoms with van der Waals surface area (Å²) in [6.45, 7) is 7.12. The van der Waals surface area contributed by atoms with Crippen LogP contribution in [0, 0.1) is 5.92 Å². The maximum absolute atomic E-state index is 12.5. The van der Waals surface area contributed by atoms with Crippen LogP contribution in [0.25, 0.3) is 0 Å². The van der Waals surface area contributed by atoms with Gasteiger partial charge in [0.2, 0.25) is 5.91 Å². The maximum atomic E-state index is 12.5. The largest absolute Gasteiger partial charge is 0.481 e. The van der Waals surface area contributed by atoms with Gasteiger partial charge < -0.3 is 15.0 Å². The number of anilines is 1. The number of nitrogens with zero attached hydrogens (tertiary/aromatic N) is 1. The van der Waals surface area contributed by atoms with Gasteiger partial charge in [0.05, 0.1) is 6.42 Å². The minimum absolute atomic E-state index is 0.00503. The normalized spacial score (nSPS) is 16.5. The Bertz CT molecular complexity index is 818. The van der Waals surface area contributed by atoms with Crippen molar-refractivity contribution in [3.8, 4) is 5.75 Å². The van der Waals surface area contributed by atoms with Crippen LogP contribution in [0.15, 0.2) is 48.5 Å². The molecule has 1 heterocycles. The zero-order valence-electron chi connectivity index (χ0n) is 16.1. The molecule has 0 bridgehead atoms. The average molecular weight is 366 g/mol. The monoisotopic (exact) mass is 366 g/mol. The van der Waals surface area contributed by atoms with Crippen molar-refractivity contribution in [1.29, 1.82) is 0 Å². The van der Waals surface area contributed by atoms with Crippen LogP contribution in [-0.4, -0.2) is 29.4 Å². The van der Waals surface area contributed by atoms with Gasteiger partial charge in [0.15, 0.2) is 6.10 Å². The van der Waals surface area contributed by atoms with Gasteiger partial charge >= 0.3 is 0 Å². The number of benzene rings is 2. The van der Waals surface area contributed by atoms with Crippen molar-refractivity contribution in [1.82, 2.24) is 4.90 Å². The molecule has 1 N–H and O–H groups in total. The Hall–Kier alpha value is -2.82. The van der Waals surface area contributed by atoms with E-state index < -0.39 is 6.10 Å². The lowest BCUT2D eigenvalue weighted by molar-refractivity contribution is -0.138. The second kappa shape index (κ2) is 8.25. The van der Waals surface area contributed by atoms with E-state index in [0.717, 1.165) is 11.1 Å². The molecule has 0 aromatic heterocycles. The molecule has 1 atom stereocenters. The zero-order chi connectivity index (χ0) is 19.4. The molecule has 0 radical (unpaired) electrons. The standard InChI is InChI=1S/C22H26N2O3/c1-15(2)13-24-14-18-12-19(9-10-20(18)27-16(3)22(24)26)23-21(25)11-17-7-5-4-6-8-17/h4-10,12,15-16H,11,13-14H2,1-3H3,(H,23,25). The van der Waals surface area contributed by atoms with Gasteiger partial charge in [-0.2, -0.15) is 0 Å². The maximum Gasteiger partial charge on any atom is 0.263 e. The highest BCUT2D eigenvalue weighted by molar-refractivity contribution is 5.92. The van der Waals surface area contributed by atoms with Crippen molar-refractivity contribution >= 4 is 17.5 Å². The Morgan fingerprint density at radius 2 is 1.96 bits per heavy atom. The van der Waals surface area contributed by atoms with E-state index in [4.69, 9.17) is 4.74 Å². The topological polar surface area (TPSA) is 58.6 Å². The summed E-state index contributed by atoms with van der Waals surface area (Å²) < 4.78 is 5.83. The summed E-state index contributed by atoms with van der Waals surface area (Å²) in [6, 6.07) is 15.2. The highest BCUT2D eigenvalue weighted by Gasteiger charge is 2.28. The van der Waals surface area contributed by atoms with E-state index in [1.54, 1.807) is 6.92 Å². The number of rotatable bonds is 5. The third-order valence-corrected chi connectivity index (χ3v) is 4.46. The Morgan fingerprint density at radius 3 is 2.67 bits per heavy atom. The second-order valence-electron chi connectivity index (χ2n) is 7.41. The lowest BCUT2D eigenvalue weighted by Crippen LogP contribution is -2.39. The first-order valence-corrected chi connectivity index (χ1v) is 9.34. The van der Waals surface area contributed by atoms with Gasteiger partial charge in [-0.1, -0.05) is 44.2 Å². The summed E-state index contributed by atoms with van der Waals surface area (Å²) in [5, 5.41) is 2.94. The van der Waals surface area contributed by atoms with Crippen molar-refractivity contribution < 1.29 is 14.3 Å².